The van der Waals surface area contributed by atoms with E-state index in [2.05, 4.69) is 25.9 Å². The fraction of sp³-hybridized carbons (Fsp3) is 0.333. The number of hydrogen-bond donors (Lipinski definition) is 3. The van der Waals surface area contributed by atoms with Crippen LogP contribution in [0.15, 0.2) is 79.4 Å². The average molecular weight is 666 g/mol. The second-order valence-corrected chi connectivity index (χ2v) is 12.0. The number of rotatable bonds is 8. The molecular formula is C36H39N7O6. The van der Waals surface area contributed by atoms with Crippen LogP contribution in [-0.2, 0) is 35.5 Å². The first kappa shape index (κ1) is 33.2. The molecule has 4 amide bonds. The van der Waals surface area contributed by atoms with Crippen molar-refractivity contribution >= 4 is 23.6 Å². The van der Waals surface area contributed by atoms with E-state index in [1.165, 1.54) is 18.2 Å². The molecule has 0 unspecified atom stereocenters. The normalized spacial score (nSPS) is 17.6. The summed E-state index contributed by atoms with van der Waals surface area (Å²) in [5.41, 5.74) is 2.25. The highest BCUT2D eigenvalue weighted by atomic mass is 16.5. The Hall–Kier alpha value is -5.72. The molecule has 49 heavy (non-hydrogen) atoms. The lowest BCUT2D eigenvalue weighted by Crippen LogP contribution is -2.45. The minimum atomic E-state index is -0.545. The molecule has 3 N–H and O–H groups in total. The Morgan fingerprint density at radius 2 is 1.82 bits per heavy atom. The summed E-state index contributed by atoms with van der Waals surface area (Å²) in [6, 6.07) is 15.0. The van der Waals surface area contributed by atoms with Gasteiger partial charge in [-0.1, -0.05) is 19.1 Å². The molecule has 1 saturated heterocycles. The number of amides is 4. The molecule has 0 spiro atoms. The third-order valence-corrected chi connectivity index (χ3v) is 8.57. The highest BCUT2D eigenvalue weighted by molar-refractivity contribution is 6.00. The van der Waals surface area contributed by atoms with Crippen molar-refractivity contribution in [2.75, 3.05) is 26.2 Å². The molecule has 3 aliphatic rings. The number of nitrogens with one attached hydrogen (secondary N) is 3. The van der Waals surface area contributed by atoms with E-state index in [4.69, 9.17) is 9.47 Å². The summed E-state index contributed by atoms with van der Waals surface area (Å²) in [6.07, 6.45) is 8.08. The molecular weight excluding hydrogens is 626 g/mol. The van der Waals surface area contributed by atoms with Gasteiger partial charge in [-0.05, 0) is 60.0 Å². The van der Waals surface area contributed by atoms with Crippen molar-refractivity contribution in [2.45, 2.75) is 51.4 Å². The number of carbonyl (C=O) groups is 4. The number of ether oxygens (including phenoxy) is 2. The van der Waals surface area contributed by atoms with Crippen molar-refractivity contribution in [3.8, 4) is 11.5 Å². The van der Waals surface area contributed by atoms with Gasteiger partial charge >= 0.3 is 0 Å². The van der Waals surface area contributed by atoms with Gasteiger partial charge in [0.2, 0.25) is 5.91 Å². The Morgan fingerprint density at radius 3 is 2.61 bits per heavy atom. The average Bonchev–Trinajstić information content (AvgIpc) is 3.75. The van der Waals surface area contributed by atoms with Crippen LogP contribution >= 0.6 is 0 Å². The van der Waals surface area contributed by atoms with Gasteiger partial charge in [0, 0.05) is 74.9 Å². The lowest BCUT2D eigenvalue weighted by atomic mass is 10.1. The number of aromatic nitrogens is 3. The molecule has 0 radical (unpaired) electrons. The molecule has 254 valence electrons. The van der Waals surface area contributed by atoms with E-state index < -0.39 is 24.0 Å². The quantitative estimate of drug-likeness (QED) is 0.259. The van der Waals surface area contributed by atoms with E-state index in [1.54, 1.807) is 35.6 Å². The molecule has 3 aliphatic heterocycles. The van der Waals surface area contributed by atoms with Gasteiger partial charge < -0.3 is 34.9 Å². The van der Waals surface area contributed by atoms with Crippen molar-refractivity contribution < 1.29 is 28.7 Å². The predicted octanol–water partition coefficient (Wildman–Crippen LogP) is 2.30. The molecule has 4 aromatic rings. The van der Waals surface area contributed by atoms with E-state index in [0.717, 1.165) is 23.4 Å². The highest BCUT2D eigenvalue weighted by Crippen LogP contribution is 2.23. The van der Waals surface area contributed by atoms with Crippen LogP contribution in [0.3, 0.4) is 0 Å². The molecule has 0 saturated carbocycles. The number of imidazole rings is 1. The standard InChI is InChI=1S/C36H39N7O6/c1-2-32-38-14-16-42(32)15-10-34(45)43-21-30-31(22-43)49-28-5-3-25(4-6-28)20-40-33(44)23-48-29-18-26(17-27(19-29)36(47)41-30)35(46)39-13-9-24-7-11-37-12-8-24/h3-8,11-12,14,16-19,30-31H,2,9-10,13,15,20-23H2,1H3,(H,39,46)(H,40,44)(H,41,47)/t30-,31-/m0/s1. The van der Waals surface area contributed by atoms with Crippen LogP contribution in [-0.4, -0.2) is 81.5 Å². The van der Waals surface area contributed by atoms with Crippen LogP contribution in [0.1, 0.15) is 51.0 Å². The summed E-state index contributed by atoms with van der Waals surface area (Å²) in [7, 11) is 0. The van der Waals surface area contributed by atoms with Crippen LogP contribution in [0.25, 0.3) is 0 Å². The van der Waals surface area contributed by atoms with E-state index >= 15 is 0 Å². The molecule has 2 aromatic heterocycles. The maximum Gasteiger partial charge on any atom is 0.258 e. The zero-order chi connectivity index (χ0) is 34.2. The van der Waals surface area contributed by atoms with Gasteiger partial charge in [0.05, 0.1) is 12.6 Å². The van der Waals surface area contributed by atoms with Crippen LogP contribution in [0.4, 0.5) is 0 Å². The molecule has 0 aliphatic carbocycles. The summed E-state index contributed by atoms with van der Waals surface area (Å²) in [4.78, 5) is 63.1. The Morgan fingerprint density at radius 1 is 1.00 bits per heavy atom. The third-order valence-electron chi connectivity index (χ3n) is 8.57. The Labute approximate surface area is 284 Å². The van der Waals surface area contributed by atoms with Gasteiger partial charge in [-0.3, -0.25) is 24.2 Å². The first-order valence-electron chi connectivity index (χ1n) is 16.4. The molecule has 4 bridgehead atoms. The van der Waals surface area contributed by atoms with Crippen molar-refractivity contribution in [2.24, 2.45) is 0 Å². The maximum atomic E-state index is 13.8. The molecule has 2 atom stereocenters. The SMILES string of the molecule is CCc1nccn1CCC(=O)N1C[C@@H]2NC(=O)c3cc(cc(C(=O)NCCc4ccncc4)c3)OCC(=O)NCc3ccc(cc3)O[C@H]2C1. The minimum absolute atomic E-state index is 0.0598. The number of fused-ring (bicyclic) bond motifs is 7. The number of hydrogen-bond acceptors (Lipinski definition) is 8. The van der Waals surface area contributed by atoms with E-state index in [-0.39, 0.29) is 61.4 Å². The number of pyridine rings is 1. The highest BCUT2D eigenvalue weighted by Gasteiger charge is 2.38. The van der Waals surface area contributed by atoms with E-state index in [1.807, 2.05) is 42.0 Å². The molecule has 5 heterocycles. The second-order valence-electron chi connectivity index (χ2n) is 12.0. The number of benzene rings is 2. The summed E-state index contributed by atoms with van der Waals surface area (Å²) in [5.74, 6) is 0.387. The first-order valence-corrected chi connectivity index (χ1v) is 16.4. The van der Waals surface area contributed by atoms with Crippen molar-refractivity contribution in [3.05, 3.63) is 107 Å². The smallest absolute Gasteiger partial charge is 0.258 e. The summed E-state index contributed by atoms with van der Waals surface area (Å²) >= 11 is 0. The minimum Gasteiger partial charge on any atom is -0.486 e. The van der Waals surface area contributed by atoms with Gasteiger partial charge in [-0.25, -0.2) is 4.98 Å². The summed E-state index contributed by atoms with van der Waals surface area (Å²) in [6.45, 7) is 3.37. The Kier molecular flexibility index (Phi) is 10.5. The fourth-order valence-corrected chi connectivity index (χ4v) is 5.90. The Bertz CT molecular complexity index is 1790. The lowest BCUT2D eigenvalue weighted by Gasteiger charge is -2.21. The number of carbonyl (C=O) groups excluding carboxylic acids is 4. The molecule has 7 rings (SSSR count). The van der Waals surface area contributed by atoms with Gasteiger partial charge in [0.1, 0.15) is 23.4 Å². The topological polar surface area (TPSA) is 157 Å². The first-order chi connectivity index (χ1) is 23.8. The molecule has 2 aromatic carbocycles. The second kappa shape index (κ2) is 15.5. The van der Waals surface area contributed by atoms with Crippen LogP contribution in [0.5, 0.6) is 11.5 Å². The summed E-state index contributed by atoms with van der Waals surface area (Å²) < 4.78 is 14.1. The van der Waals surface area contributed by atoms with Gasteiger partial charge in [0.25, 0.3) is 17.7 Å². The zero-order valence-electron chi connectivity index (χ0n) is 27.3. The summed E-state index contributed by atoms with van der Waals surface area (Å²) in [5, 5.41) is 8.74. The largest absolute Gasteiger partial charge is 0.486 e. The molecule has 1 fully saturated rings. The predicted molar refractivity (Wildman–Crippen MR) is 179 cm³/mol. The van der Waals surface area contributed by atoms with E-state index in [9.17, 15) is 19.2 Å². The van der Waals surface area contributed by atoms with Gasteiger partial charge in [-0.15, -0.1) is 0 Å². The van der Waals surface area contributed by atoms with Crippen LogP contribution in [0.2, 0.25) is 0 Å². The fourth-order valence-electron chi connectivity index (χ4n) is 5.90. The zero-order valence-corrected chi connectivity index (χ0v) is 27.3. The monoisotopic (exact) mass is 665 g/mol. The van der Waals surface area contributed by atoms with Gasteiger partial charge in [-0.2, -0.15) is 0 Å². The van der Waals surface area contributed by atoms with Crippen molar-refractivity contribution in [1.29, 1.82) is 0 Å². The third kappa shape index (κ3) is 8.61. The maximum absolute atomic E-state index is 13.8. The van der Waals surface area contributed by atoms with Crippen molar-refractivity contribution in [1.82, 2.24) is 35.4 Å². The number of nitrogens with zero attached hydrogens (tertiary/aromatic N) is 4. The van der Waals surface area contributed by atoms with Crippen LogP contribution < -0.4 is 25.4 Å². The lowest BCUT2D eigenvalue weighted by molar-refractivity contribution is -0.130. The van der Waals surface area contributed by atoms with Gasteiger partial charge in [0.15, 0.2) is 6.61 Å². The van der Waals surface area contributed by atoms with Crippen molar-refractivity contribution in [3.63, 3.8) is 0 Å². The van der Waals surface area contributed by atoms with E-state index in [0.29, 0.717) is 25.3 Å². The Balaban J connectivity index is 1.22. The molecule has 13 nitrogen and oxygen atoms in total. The number of aryl methyl sites for hydroxylation is 2. The number of likely N-dealkylation sites (tertiary alicyclic amines) is 1. The van der Waals surface area contributed by atoms with Crippen LogP contribution in [0, 0.1) is 0 Å². The molecule has 13 heteroatoms.